The van der Waals surface area contributed by atoms with Gasteiger partial charge in [-0.15, -0.1) is 5.10 Å². The van der Waals surface area contributed by atoms with Crippen molar-refractivity contribution in [2.75, 3.05) is 18.0 Å². The first-order valence-corrected chi connectivity index (χ1v) is 11.4. The molecule has 0 unspecified atom stereocenters. The summed E-state index contributed by atoms with van der Waals surface area (Å²) in [5.41, 5.74) is 1.53. The van der Waals surface area contributed by atoms with Gasteiger partial charge in [-0.1, -0.05) is 23.5 Å². The zero-order valence-electron chi connectivity index (χ0n) is 18.0. The Morgan fingerprint density at radius 3 is 2.84 bits per heavy atom. The molecule has 0 bridgehead atoms. The second-order valence-corrected chi connectivity index (χ2v) is 9.06. The number of hydrogen-bond acceptors (Lipinski definition) is 7. The van der Waals surface area contributed by atoms with Gasteiger partial charge in [0, 0.05) is 31.4 Å². The molecule has 1 amide bonds. The van der Waals surface area contributed by atoms with Crippen molar-refractivity contribution in [1.29, 1.82) is 0 Å². The Labute approximate surface area is 184 Å². The van der Waals surface area contributed by atoms with Crippen LogP contribution in [0.25, 0.3) is 4.96 Å². The molecule has 4 rings (SSSR count). The number of hydrogen-bond donors (Lipinski definition) is 1. The second-order valence-electron chi connectivity index (χ2n) is 8.13. The Morgan fingerprint density at radius 2 is 2.10 bits per heavy atom. The van der Waals surface area contributed by atoms with Crippen molar-refractivity contribution < 1.29 is 9.53 Å². The molecule has 164 valence electrons. The molecule has 1 aliphatic heterocycles. The van der Waals surface area contributed by atoms with Crippen LogP contribution in [0.1, 0.15) is 37.9 Å². The molecule has 8 nitrogen and oxygen atoms in total. The van der Waals surface area contributed by atoms with E-state index in [1.54, 1.807) is 6.92 Å². The molecule has 2 aromatic heterocycles. The summed E-state index contributed by atoms with van der Waals surface area (Å²) in [6, 6.07) is 9.27. The number of amides is 1. The summed E-state index contributed by atoms with van der Waals surface area (Å²) in [6.45, 7) is 7.66. The molecular formula is C22H27N5O3S. The van der Waals surface area contributed by atoms with Gasteiger partial charge in [0.1, 0.15) is 5.75 Å². The number of anilines is 1. The minimum atomic E-state index is -0.180. The molecule has 1 fully saturated rings. The van der Waals surface area contributed by atoms with Crippen molar-refractivity contribution in [2.45, 2.75) is 46.3 Å². The zero-order chi connectivity index (χ0) is 22.0. The van der Waals surface area contributed by atoms with Crippen LogP contribution in [0.4, 0.5) is 5.13 Å². The number of ether oxygens (including phenoxy) is 1. The first-order valence-electron chi connectivity index (χ1n) is 10.5. The van der Waals surface area contributed by atoms with E-state index in [-0.39, 0.29) is 23.5 Å². The summed E-state index contributed by atoms with van der Waals surface area (Å²) in [6.07, 6.45) is 1.87. The van der Waals surface area contributed by atoms with Crippen LogP contribution in [0.3, 0.4) is 0 Å². The van der Waals surface area contributed by atoms with E-state index in [0.29, 0.717) is 23.7 Å². The molecule has 0 saturated carbocycles. The van der Waals surface area contributed by atoms with Crippen LogP contribution < -0.4 is 20.5 Å². The summed E-state index contributed by atoms with van der Waals surface area (Å²) in [7, 11) is 0. The third-order valence-corrected chi connectivity index (χ3v) is 6.16. The van der Waals surface area contributed by atoms with Crippen LogP contribution in [0.5, 0.6) is 5.75 Å². The lowest BCUT2D eigenvalue weighted by Gasteiger charge is -2.31. The Bertz CT molecular complexity index is 1120. The van der Waals surface area contributed by atoms with Crippen molar-refractivity contribution in [2.24, 2.45) is 5.92 Å². The molecule has 3 aromatic rings. The molecule has 0 aliphatic carbocycles. The molecule has 3 heterocycles. The highest BCUT2D eigenvalue weighted by Crippen LogP contribution is 2.27. The molecule has 1 aromatic carbocycles. The zero-order valence-corrected chi connectivity index (χ0v) is 18.8. The lowest BCUT2D eigenvalue weighted by molar-refractivity contribution is -0.125. The lowest BCUT2D eigenvalue weighted by atomic mass is 9.97. The number of carbonyl (C=O) groups is 1. The van der Waals surface area contributed by atoms with E-state index in [1.165, 1.54) is 21.9 Å². The number of piperidine rings is 1. The quantitative estimate of drug-likeness (QED) is 0.633. The average molecular weight is 442 g/mol. The van der Waals surface area contributed by atoms with Gasteiger partial charge < -0.3 is 15.0 Å². The van der Waals surface area contributed by atoms with Gasteiger partial charge in [0.2, 0.25) is 16.0 Å². The first-order chi connectivity index (χ1) is 14.9. The maximum absolute atomic E-state index is 12.8. The maximum Gasteiger partial charge on any atom is 0.275 e. The standard InChI is InChI=1S/C22H27N5O3S/c1-14(2)30-18-8-6-16(7-9-18)12-23-20(29)17-5-4-10-26(13-17)22-25-27-19(28)11-15(3)24-21(27)31-22/h6-9,11,14,17H,4-5,10,12-13H2,1-3H3,(H,23,29)/t17-/m0/s1. The number of fused-ring (bicyclic) bond motifs is 1. The van der Waals surface area contributed by atoms with E-state index < -0.39 is 0 Å². The summed E-state index contributed by atoms with van der Waals surface area (Å²) in [5, 5.41) is 8.22. The predicted octanol–water partition coefficient (Wildman–Crippen LogP) is 2.78. The maximum atomic E-state index is 12.8. The van der Waals surface area contributed by atoms with Gasteiger partial charge >= 0.3 is 0 Å². The molecule has 1 atom stereocenters. The van der Waals surface area contributed by atoms with Crippen molar-refractivity contribution in [3.05, 3.63) is 51.9 Å². The number of rotatable bonds is 6. The average Bonchev–Trinajstić information content (AvgIpc) is 3.17. The molecule has 1 N–H and O–H groups in total. The number of aryl methyl sites for hydroxylation is 1. The van der Waals surface area contributed by atoms with Gasteiger partial charge in [0.25, 0.3) is 5.56 Å². The summed E-state index contributed by atoms with van der Waals surface area (Å²) in [4.78, 5) is 32.0. The van der Waals surface area contributed by atoms with Gasteiger partial charge in [0.05, 0.1) is 12.0 Å². The van der Waals surface area contributed by atoms with E-state index in [1.807, 2.05) is 38.1 Å². The molecule has 1 aliphatic rings. The number of nitrogens with one attached hydrogen (secondary N) is 1. The number of nitrogens with zero attached hydrogens (tertiary/aromatic N) is 4. The largest absolute Gasteiger partial charge is 0.491 e. The van der Waals surface area contributed by atoms with Crippen molar-refractivity contribution in [1.82, 2.24) is 19.9 Å². The SMILES string of the molecule is Cc1cc(=O)n2nc(N3CCC[C@H](C(=O)NCc4ccc(OC(C)C)cc4)C3)sc2n1. The molecular weight excluding hydrogens is 414 g/mol. The van der Waals surface area contributed by atoms with Crippen LogP contribution in [-0.2, 0) is 11.3 Å². The fourth-order valence-corrected chi connectivity index (χ4v) is 4.68. The van der Waals surface area contributed by atoms with Crippen LogP contribution in [0, 0.1) is 12.8 Å². The summed E-state index contributed by atoms with van der Waals surface area (Å²) in [5.74, 6) is 0.753. The minimum Gasteiger partial charge on any atom is -0.491 e. The topological polar surface area (TPSA) is 88.8 Å². The lowest BCUT2D eigenvalue weighted by Crippen LogP contribution is -2.43. The van der Waals surface area contributed by atoms with E-state index in [0.717, 1.165) is 35.8 Å². The Hall–Kier alpha value is -2.94. The second kappa shape index (κ2) is 9.05. The molecule has 9 heteroatoms. The fourth-order valence-electron chi connectivity index (χ4n) is 3.69. The van der Waals surface area contributed by atoms with Gasteiger partial charge in [-0.25, -0.2) is 4.98 Å². The van der Waals surface area contributed by atoms with Gasteiger partial charge in [-0.05, 0) is 51.3 Å². The Kier molecular flexibility index (Phi) is 6.22. The van der Waals surface area contributed by atoms with E-state index in [9.17, 15) is 9.59 Å². The van der Waals surface area contributed by atoms with Crippen molar-refractivity contribution in [3.63, 3.8) is 0 Å². The Morgan fingerprint density at radius 1 is 1.32 bits per heavy atom. The Balaban J connectivity index is 1.37. The van der Waals surface area contributed by atoms with Crippen LogP contribution >= 0.6 is 11.3 Å². The smallest absolute Gasteiger partial charge is 0.275 e. The van der Waals surface area contributed by atoms with Crippen LogP contribution in [0.15, 0.2) is 35.1 Å². The molecule has 0 radical (unpaired) electrons. The number of benzene rings is 1. The highest BCUT2D eigenvalue weighted by Gasteiger charge is 2.27. The van der Waals surface area contributed by atoms with E-state index in [4.69, 9.17) is 4.74 Å². The summed E-state index contributed by atoms with van der Waals surface area (Å²) < 4.78 is 6.99. The monoisotopic (exact) mass is 441 g/mol. The first kappa shape index (κ1) is 21.3. The minimum absolute atomic E-state index is 0.0412. The fraction of sp³-hybridized carbons (Fsp3) is 0.455. The van der Waals surface area contributed by atoms with Crippen molar-refractivity contribution in [3.8, 4) is 5.75 Å². The summed E-state index contributed by atoms with van der Waals surface area (Å²) >= 11 is 1.38. The molecule has 1 saturated heterocycles. The van der Waals surface area contributed by atoms with Crippen LogP contribution in [0.2, 0.25) is 0 Å². The van der Waals surface area contributed by atoms with Crippen LogP contribution in [-0.4, -0.2) is 39.7 Å². The number of aromatic nitrogens is 3. The van der Waals surface area contributed by atoms with E-state index >= 15 is 0 Å². The normalized spacial score (nSPS) is 16.6. The van der Waals surface area contributed by atoms with Crippen molar-refractivity contribution >= 4 is 27.3 Å². The third-order valence-electron chi connectivity index (χ3n) is 5.19. The predicted molar refractivity (Wildman–Crippen MR) is 121 cm³/mol. The highest BCUT2D eigenvalue weighted by atomic mass is 32.1. The number of carbonyl (C=O) groups excluding carboxylic acids is 1. The highest BCUT2D eigenvalue weighted by molar-refractivity contribution is 7.20. The van der Waals surface area contributed by atoms with Gasteiger partial charge in [-0.2, -0.15) is 4.52 Å². The third kappa shape index (κ3) is 5.04. The van der Waals surface area contributed by atoms with Gasteiger partial charge in [0.15, 0.2) is 0 Å². The van der Waals surface area contributed by atoms with Gasteiger partial charge in [-0.3, -0.25) is 9.59 Å². The molecule has 0 spiro atoms. The van der Waals surface area contributed by atoms with E-state index in [2.05, 4.69) is 20.3 Å². The molecule has 31 heavy (non-hydrogen) atoms.